The number of methoxy groups -OCH3 is 1. The van der Waals surface area contributed by atoms with Crippen molar-refractivity contribution in [1.29, 1.82) is 0 Å². The molecule has 9 heteroatoms. The number of ether oxygens (including phenoxy) is 3. The number of anilines is 2. The van der Waals surface area contributed by atoms with Gasteiger partial charge in [0.05, 0.1) is 18.1 Å². The lowest BCUT2D eigenvalue weighted by Crippen LogP contribution is -2.17. The summed E-state index contributed by atoms with van der Waals surface area (Å²) in [6, 6.07) is 18.1. The van der Waals surface area contributed by atoms with Crippen LogP contribution in [0.5, 0.6) is 11.5 Å². The lowest BCUT2D eigenvalue weighted by Gasteiger charge is -2.13. The maximum Gasteiger partial charge on any atom is 0.262 e. The van der Waals surface area contributed by atoms with Crippen molar-refractivity contribution in [2.75, 3.05) is 30.4 Å². The van der Waals surface area contributed by atoms with Gasteiger partial charge in [0.25, 0.3) is 15.9 Å². The number of rotatable bonds is 9. The van der Waals surface area contributed by atoms with E-state index < -0.39 is 10.0 Å². The Labute approximate surface area is 205 Å². The van der Waals surface area contributed by atoms with Crippen molar-refractivity contribution < 1.29 is 27.4 Å². The van der Waals surface area contributed by atoms with Crippen LogP contribution in [0.15, 0.2) is 71.6 Å². The van der Waals surface area contributed by atoms with Crippen LogP contribution in [-0.2, 0) is 14.8 Å². The van der Waals surface area contributed by atoms with Crippen LogP contribution in [0.1, 0.15) is 28.8 Å². The first kappa shape index (κ1) is 24.6. The molecule has 0 spiro atoms. The van der Waals surface area contributed by atoms with Crippen LogP contribution < -0.4 is 19.5 Å². The number of nitrogens with one attached hydrogen (secondary N) is 2. The summed E-state index contributed by atoms with van der Waals surface area (Å²) in [5.74, 6) is 0.924. The summed E-state index contributed by atoms with van der Waals surface area (Å²) in [5.41, 5.74) is 1.75. The minimum absolute atomic E-state index is 0.0731. The van der Waals surface area contributed by atoms with E-state index in [0.717, 1.165) is 19.4 Å². The van der Waals surface area contributed by atoms with Gasteiger partial charge in [-0.15, -0.1) is 0 Å². The van der Waals surface area contributed by atoms with E-state index in [1.165, 1.54) is 13.2 Å². The molecule has 3 aromatic carbocycles. The van der Waals surface area contributed by atoms with Gasteiger partial charge in [-0.2, -0.15) is 0 Å². The molecule has 0 aromatic heterocycles. The zero-order valence-electron chi connectivity index (χ0n) is 19.6. The lowest BCUT2D eigenvalue weighted by molar-refractivity contribution is 0.0679. The molecule has 1 aliphatic heterocycles. The molecule has 2 N–H and O–H groups in total. The lowest BCUT2D eigenvalue weighted by atomic mass is 10.2. The Balaban J connectivity index is 1.42. The van der Waals surface area contributed by atoms with E-state index in [9.17, 15) is 13.2 Å². The summed E-state index contributed by atoms with van der Waals surface area (Å²) < 4.78 is 44.9. The molecule has 1 heterocycles. The number of carbonyl (C=O) groups is 1. The van der Waals surface area contributed by atoms with Gasteiger partial charge in [0.1, 0.15) is 18.1 Å². The van der Waals surface area contributed by atoms with Gasteiger partial charge in [-0.3, -0.25) is 9.52 Å². The van der Waals surface area contributed by atoms with Gasteiger partial charge in [0.15, 0.2) is 0 Å². The highest BCUT2D eigenvalue weighted by atomic mass is 32.2. The first-order valence-corrected chi connectivity index (χ1v) is 12.8. The maximum absolute atomic E-state index is 13.0. The number of sulfonamides is 1. The third-order valence-electron chi connectivity index (χ3n) is 5.65. The largest absolute Gasteiger partial charge is 0.497 e. The number of hydrogen-bond acceptors (Lipinski definition) is 6. The van der Waals surface area contributed by atoms with E-state index in [-0.39, 0.29) is 16.9 Å². The van der Waals surface area contributed by atoms with E-state index in [1.807, 2.05) is 0 Å². The van der Waals surface area contributed by atoms with E-state index in [1.54, 1.807) is 67.6 Å². The Morgan fingerprint density at radius 3 is 2.34 bits per heavy atom. The minimum Gasteiger partial charge on any atom is -0.497 e. The average Bonchev–Trinajstić information content (AvgIpc) is 3.38. The second kappa shape index (κ2) is 10.8. The van der Waals surface area contributed by atoms with Crippen molar-refractivity contribution in [2.24, 2.45) is 0 Å². The highest BCUT2D eigenvalue weighted by molar-refractivity contribution is 7.92. The first-order valence-electron chi connectivity index (χ1n) is 11.3. The van der Waals surface area contributed by atoms with E-state index in [2.05, 4.69) is 10.0 Å². The number of carbonyl (C=O) groups excluding carboxylic acids is 1. The summed E-state index contributed by atoms with van der Waals surface area (Å²) in [6.07, 6.45) is 2.15. The fraction of sp³-hybridized carbons (Fsp3) is 0.269. The summed E-state index contributed by atoms with van der Waals surface area (Å²) in [4.78, 5) is 12.8. The molecular weight excluding hydrogens is 468 g/mol. The van der Waals surface area contributed by atoms with Gasteiger partial charge >= 0.3 is 0 Å². The van der Waals surface area contributed by atoms with Crippen molar-refractivity contribution in [1.82, 2.24) is 0 Å². The smallest absolute Gasteiger partial charge is 0.262 e. The Morgan fingerprint density at radius 1 is 1.00 bits per heavy atom. The molecule has 1 amide bonds. The molecule has 3 aromatic rings. The molecule has 0 saturated carbocycles. The molecule has 1 fully saturated rings. The molecule has 184 valence electrons. The summed E-state index contributed by atoms with van der Waals surface area (Å²) >= 11 is 0. The Hall–Kier alpha value is -3.56. The van der Waals surface area contributed by atoms with Gasteiger partial charge in [-0.25, -0.2) is 8.42 Å². The van der Waals surface area contributed by atoms with Crippen LogP contribution in [0.3, 0.4) is 0 Å². The van der Waals surface area contributed by atoms with Crippen molar-refractivity contribution in [3.63, 3.8) is 0 Å². The van der Waals surface area contributed by atoms with Crippen molar-refractivity contribution in [3.05, 3.63) is 77.9 Å². The van der Waals surface area contributed by atoms with Gasteiger partial charge < -0.3 is 19.5 Å². The number of benzene rings is 3. The third kappa shape index (κ3) is 6.32. The van der Waals surface area contributed by atoms with Crippen LogP contribution in [0.2, 0.25) is 0 Å². The quantitative estimate of drug-likeness (QED) is 0.448. The molecule has 0 unspecified atom stereocenters. The molecule has 8 nitrogen and oxygen atoms in total. The highest BCUT2D eigenvalue weighted by Crippen LogP contribution is 2.25. The molecule has 35 heavy (non-hydrogen) atoms. The van der Waals surface area contributed by atoms with E-state index in [0.29, 0.717) is 40.6 Å². The zero-order valence-corrected chi connectivity index (χ0v) is 20.4. The average molecular weight is 497 g/mol. The Bertz CT molecular complexity index is 1270. The van der Waals surface area contributed by atoms with Gasteiger partial charge in [0, 0.05) is 23.5 Å². The molecule has 0 bridgehead atoms. The summed E-state index contributed by atoms with van der Waals surface area (Å²) in [7, 11) is -2.34. The predicted octanol–water partition coefficient (Wildman–Crippen LogP) is 4.61. The molecule has 4 rings (SSSR count). The topological polar surface area (TPSA) is 103 Å². The predicted molar refractivity (Wildman–Crippen MR) is 134 cm³/mol. The van der Waals surface area contributed by atoms with Crippen LogP contribution in [0, 0.1) is 6.92 Å². The number of hydrogen-bond donors (Lipinski definition) is 2. The van der Waals surface area contributed by atoms with Crippen LogP contribution >= 0.6 is 0 Å². The zero-order chi connectivity index (χ0) is 24.8. The SMILES string of the molecule is COc1ccc(NS(=O)(=O)c2cc(NC(=O)c3ccc(OC[C@H]4CCCO4)cc3)ccc2C)cc1. The van der Waals surface area contributed by atoms with Crippen LogP contribution in [0.4, 0.5) is 11.4 Å². The maximum atomic E-state index is 13.0. The molecule has 1 aliphatic rings. The normalized spacial score (nSPS) is 15.4. The minimum atomic E-state index is -3.87. The van der Waals surface area contributed by atoms with Crippen LogP contribution in [0.25, 0.3) is 0 Å². The van der Waals surface area contributed by atoms with Crippen molar-refractivity contribution in [3.8, 4) is 11.5 Å². The van der Waals surface area contributed by atoms with E-state index in [4.69, 9.17) is 14.2 Å². The fourth-order valence-corrected chi connectivity index (χ4v) is 5.04. The summed E-state index contributed by atoms with van der Waals surface area (Å²) in [5, 5.41) is 2.76. The highest BCUT2D eigenvalue weighted by Gasteiger charge is 2.19. The molecule has 1 saturated heterocycles. The van der Waals surface area contributed by atoms with Gasteiger partial charge in [0.2, 0.25) is 0 Å². The van der Waals surface area contributed by atoms with Crippen molar-refractivity contribution >= 4 is 27.3 Å². The fourth-order valence-electron chi connectivity index (χ4n) is 3.71. The van der Waals surface area contributed by atoms with Gasteiger partial charge in [-0.1, -0.05) is 6.07 Å². The van der Waals surface area contributed by atoms with Gasteiger partial charge in [-0.05, 0) is 86.0 Å². The molecule has 0 radical (unpaired) electrons. The molecule has 0 aliphatic carbocycles. The second-order valence-electron chi connectivity index (χ2n) is 8.24. The number of amides is 1. The van der Waals surface area contributed by atoms with E-state index >= 15 is 0 Å². The summed E-state index contributed by atoms with van der Waals surface area (Å²) in [6.45, 7) is 2.95. The number of aryl methyl sites for hydroxylation is 1. The Morgan fingerprint density at radius 2 is 1.69 bits per heavy atom. The molecular formula is C26H28N2O6S. The Kier molecular flexibility index (Phi) is 7.57. The monoisotopic (exact) mass is 496 g/mol. The van der Waals surface area contributed by atoms with Crippen LogP contribution in [-0.4, -0.2) is 40.8 Å². The molecule has 1 atom stereocenters. The van der Waals surface area contributed by atoms with Crippen molar-refractivity contribution in [2.45, 2.75) is 30.8 Å². The third-order valence-corrected chi connectivity index (χ3v) is 7.18. The standard InChI is InChI=1S/C26H28N2O6S/c1-18-5-8-21(16-25(18)35(30,31)28-20-9-13-22(32-2)14-10-20)27-26(29)19-6-11-23(12-7-19)34-17-24-4-3-15-33-24/h5-14,16,24,28H,3-4,15,17H2,1-2H3,(H,27,29)/t24-/m1/s1. The second-order valence-corrected chi connectivity index (χ2v) is 9.89. The first-order chi connectivity index (χ1) is 16.8.